The quantitative estimate of drug-likeness (QED) is 0.905. The van der Waals surface area contributed by atoms with Crippen molar-refractivity contribution < 1.29 is 14.3 Å². The van der Waals surface area contributed by atoms with Gasteiger partial charge in [0.25, 0.3) is 11.8 Å². The average molecular weight is 364 g/mol. The fourth-order valence-electron chi connectivity index (χ4n) is 3.72. The summed E-state index contributed by atoms with van der Waals surface area (Å²) in [6.45, 7) is 5.35. The van der Waals surface area contributed by atoms with E-state index in [1.807, 2.05) is 50.2 Å². The summed E-state index contributed by atoms with van der Waals surface area (Å²) in [6.07, 6.45) is 2.22. The van der Waals surface area contributed by atoms with Gasteiger partial charge in [0.15, 0.2) is 0 Å². The van der Waals surface area contributed by atoms with E-state index in [2.05, 4.69) is 5.32 Å². The third-order valence-electron chi connectivity index (χ3n) is 5.48. The summed E-state index contributed by atoms with van der Waals surface area (Å²) in [7, 11) is 0. The third kappa shape index (κ3) is 3.47. The molecule has 4 rings (SSSR count). The Morgan fingerprint density at radius 1 is 1.11 bits per heavy atom. The molecule has 0 bridgehead atoms. The van der Waals surface area contributed by atoms with E-state index < -0.39 is 0 Å². The van der Waals surface area contributed by atoms with Crippen molar-refractivity contribution >= 4 is 23.2 Å². The first-order valence-electron chi connectivity index (χ1n) is 9.47. The Balaban J connectivity index is 1.53. The minimum atomic E-state index is -0.329. The predicted octanol–water partition coefficient (Wildman–Crippen LogP) is 3.62. The number of anilines is 2. The van der Waals surface area contributed by atoms with Gasteiger partial charge in [-0.1, -0.05) is 12.1 Å². The van der Waals surface area contributed by atoms with E-state index in [0.29, 0.717) is 24.4 Å². The Labute approximate surface area is 159 Å². The molecular weight excluding hydrogens is 340 g/mol. The van der Waals surface area contributed by atoms with E-state index in [4.69, 9.17) is 4.74 Å². The smallest absolute Gasteiger partial charge is 0.256 e. The minimum absolute atomic E-state index is 0.0314. The summed E-state index contributed by atoms with van der Waals surface area (Å²) >= 11 is 0. The number of nitrogens with zero attached hydrogens (tertiary/aromatic N) is 1. The molecule has 5 heteroatoms. The third-order valence-corrected chi connectivity index (χ3v) is 5.48. The van der Waals surface area contributed by atoms with Crippen LogP contribution in [0.4, 0.5) is 11.4 Å². The number of ether oxygens (including phenoxy) is 1. The van der Waals surface area contributed by atoms with Crippen LogP contribution in [-0.4, -0.2) is 31.1 Å². The van der Waals surface area contributed by atoms with Gasteiger partial charge in [0.05, 0.1) is 0 Å². The zero-order chi connectivity index (χ0) is 19.0. The fourth-order valence-corrected chi connectivity index (χ4v) is 3.72. The largest absolute Gasteiger partial charge is 0.368 e. The van der Waals surface area contributed by atoms with Crippen LogP contribution in [0.25, 0.3) is 0 Å². The number of fused-ring (bicyclic) bond motifs is 1. The molecule has 0 spiro atoms. The van der Waals surface area contributed by atoms with Crippen molar-refractivity contribution in [3.05, 3.63) is 58.7 Å². The first kappa shape index (κ1) is 17.7. The lowest BCUT2D eigenvalue weighted by Crippen LogP contribution is -2.37. The molecule has 1 atom stereocenters. The highest BCUT2D eigenvalue weighted by Gasteiger charge is 2.32. The van der Waals surface area contributed by atoms with Gasteiger partial charge in [-0.15, -0.1) is 0 Å². The van der Waals surface area contributed by atoms with Crippen molar-refractivity contribution in [2.24, 2.45) is 0 Å². The molecule has 2 aromatic carbocycles. The van der Waals surface area contributed by atoms with Crippen molar-refractivity contribution in [1.29, 1.82) is 0 Å². The molecule has 0 aliphatic carbocycles. The SMILES string of the molecule is Cc1ccc(C(=O)Nc2ccc3c(c2)N(C(=O)C2CCCO2)CC3)cc1C. The Morgan fingerprint density at radius 2 is 1.96 bits per heavy atom. The second kappa shape index (κ2) is 7.16. The molecule has 2 aliphatic rings. The summed E-state index contributed by atoms with van der Waals surface area (Å²) < 4.78 is 5.55. The maximum atomic E-state index is 12.7. The number of rotatable bonds is 3. The van der Waals surface area contributed by atoms with E-state index in [1.54, 1.807) is 4.90 Å². The first-order chi connectivity index (χ1) is 13.0. The van der Waals surface area contributed by atoms with Crippen LogP contribution < -0.4 is 10.2 Å². The average Bonchev–Trinajstić information content (AvgIpc) is 3.33. The molecule has 0 radical (unpaired) electrons. The maximum absolute atomic E-state index is 12.7. The van der Waals surface area contributed by atoms with Crippen molar-refractivity contribution in [2.75, 3.05) is 23.4 Å². The number of nitrogens with one attached hydrogen (secondary N) is 1. The Morgan fingerprint density at radius 3 is 2.70 bits per heavy atom. The van der Waals surface area contributed by atoms with Crippen LogP contribution >= 0.6 is 0 Å². The zero-order valence-corrected chi connectivity index (χ0v) is 15.7. The molecule has 140 valence electrons. The number of benzene rings is 2. The Kier molecular flexibility index (Phi) is 4.70. The molecule has 2 amide bonds. The second-order valence-electron chi connectivity index (χ2n) is 7.34. The summed E-state index contributed by atoms with van der Waals surface area (Å²) in [5.74, 6) is -0.114. The van der Waals surface area contributed by atoms with Crippen LogP contribution in [0, 0.1) is 13.8 Å². The summed E-state index contributed by atoms with van der Waals surface area (Å²) in [5.41, 5.74) is 5.59. The van der Waals surface area contributed by atoms with Crippen LogP contribution in [0.1, 0.15) is 39.9 Å². The van der Waals surface area contributed by atoms with E-state index in [1.165, 1.54) is 0 Å². The molecule has 2 aliphatic heterocycles. The van der Waals surface area contributed by atoms with Crippen molar-refractivity contribution in [3.63, 3.8) is 0 Å². The van der Waals surface area contributed by atoms with Gasteiger partial charge < -0.3 is 15.0 Å². The maximum Gasteiger partial charge on any atom is 0.256 e. The van der Waals surface area contributed by atoms with Gasteiger partial charge in [-0.2, -0.15) is 0 Å². The molecule has 1 fully saturated rings. The standard InChI is InChI=1S/C22H24N2O3/c1-14-5-6-17(12-15(14)2)21(25)23-18-8-7-16-9-10-24(19(16)13-18)22(26)20-4-3-11-27-20/h5-8,12-13,20H,3-4,9-11H2,1-2H3,(H,23,25). The van der Waals surface area contributed by atoms with E-state index in [-0.39, 0.29) is 17.9 Å². The number of carbonyl (C=O) groups excluding carboxylic acids is 2. The van der Waals surface area contributed by atoms with Crippen molar-refractivity contribution in [3.8, 4) is 0 Å². The van der Waals surface area contributed by atoms with Crippen LogP contribution in [-0.2, 0) is 16.0 Å². The molecule has 0 aromatic heterocycles. The van der Waals surface area contributed by atoms with Gasteiger partial charge in [0.2, 0.25) is 0 Å². The number of amides is 2. The Hall–Kier alpha value is -2.66. The highest BCUT2D eigenvalue weighted by atomic mass is 16.5. The molecule has 1 saturated heterocycles. The van der Waals surface area contributed by atoms with Crippen LogP contribution in [0.15, 0.2) is 36.4 Å². The van der Waals surface area contributed by atoms with Crippen LogP contribution in [0.5, 0.6) is 0 Å². The van der Waals surface area contributed by atoms with Gasteiger partial charge in [-0.05, 0) is 74.1 Å². The lowest BCUT2D eigenvalue weighted by Gasteiger charge is -2.21. The highest BCUT2D eigenvalue weighted by Crippen LogP contribution is 2.32. The number of hydrogen-bond donors (Lipinski definition) is 1. The fraction of sp³-hybridized carbons (Fsp3) is 0.364. The van der Waals surface area contributed by atoms with Crippen LogP contribution in [0.3, 0.4) is 0 Å². The lowest BCUT2D eigenvalue weighted by molar-refractivity contribution is -0.127. The van der Waals surface area contributed by atoms with E-state index >= 15 is 0 Å². The monoisotopic (exact) mass is 364 g/mol. The van der Waals surface area contributed by atoms with E-state index in [9.17, 15) is 9.59 Å². The summed E-state index contributed by atoms with van der Waals surface area (Å²) in [4.78, 5) is 27.1. The number of hydrogen-bond acceptors (Lipinski definition) is 3. The molecule has 1 N–H and O–H groups in total. The molecule has 2 aromatic rings. The molecule has 0 saturated carbocycles. The van der Waals surface area contributed by atoms with Gasteiger partial charge in [-0.3, -0.25) is 9.59 Å². The molecule has 2 heterocycles. The van der Waals surface area contributed by atoms with Crippen molar-refractivity contribution in [1.82, 2.24) is 0 Å². The van der Waals surface area contributed by atoms with E-state index in [0.717, 1.165) is 41.6 Å². The Bertz CT molecular complexity index is 900. The lowest BCUT2D eigenvalue weighted by atomic mass is 10.1. The van der Waals surface area contributed by atoms with Gasteiger partial charge >= 0.3 is 0 Å². The van der Waals surface area contributed by atoms with Gasteiger partial charge in [-0.25, -0.2) is 0 Å². The van der Waals surface area contributed by atoms with Crippen LogP contribution in [0.2, 0.25) is 0 Å². The summed E-state index contributed by atoms with van der Waals surface area (Å²) in [5, 5.41) is 2.96. The predicted molar refractivity (Wildman–Crippen MR) is 105 cm³/mol. The molecular formula is C22H24N2O3. The first-order valence-corrected chi connectivity index (χ1v) is 9.47. The zero-order valence-electron chi connectivity index (χ0n) is 15.7. The van der Waals surface area contributed by atoms with Gasteiger partial charge in [0.1, 0.15) is 6.10 Å². The number of carbonyl (C=O) groups is 2. The minimum Gasteiger partial charge on any atom is -0.368 e. The summed E-state index contributed by atoms with van der Waals surface area (Å²) in [6, 6.07) is 11.5. The van der Waals surface area contributed by atoms with Crippen molar-refractivity contribution in [2.45, 2.75) is 39.2 Å². The topological polar surface area (TPSA) is 58.6 Å². The molecule has 5 nitrogen and oxygen atoms in total. The van der Waals surface area contributed by atoms with Gasteiger partial charge in [0, 0.05) is 30.1 Å². The second-order valence-corrected chi connectivity index (χ2v) is 7.34. The number of aryl methyl sites for hydroxylation is 2. The molecule has 1 unspecified atom stereocenters. The molecule has 27 heavy (non-hydrogen) atoms. The normalized spacial score (nSPS) is 18.4. The highest BCUT2D eigenvalue weighted by molar-refractivity contribution is 6.05.